The molecule has 1 aliphatic heterocycles. The van der Waals surface area contributed by atoms with Gasteiger partial charge in [-0.15, -0.1) is 11.3 Å². The molecule has 0 spiro atoms. The Labute approximate surface area is 91.7 Å². The molecule has 0 radical (unpaired) electrons. The van der Waals surface area contributed by atoms with Gasteiger partial charge in [-0.2, -0.15) is 0 Å². The van der Waals surface area contributed by atoms with Crippen LogP contribution in [-0.4, -0.2) is 12.1 Å². The van der Waals surface area contributed by atoms with Crippen molar-refractivity contribution in [3.63, 3.8) is 0 Å². The van der Waals surface area contributed by atoms with Gasteiger partial charge >= 0.3 is 0 Å². The summed E-state index contributed by atoms with van der Waals surface area (Å²) in [7, 11) is 0. The molecule has 1 saturated heterocycles. The van der Waals surface area contributed by atoms with E-state index in [1.165, 1.54) is 28.7 Å². The van der Waals surface area contributed by atoms with Crippen LogP contribution in [0, 0.1) is 0 Å². The van der Waals surface area contributed by atoms with Crippen LogP contribution in [-0.2, 0) is 6.42 Å². The fourth-order valence-corrected chi connectivity index (χ4v) is 3.59. The summed E-state index contributed by atoms with van der Waals surface area (Å²) in [6.45, 7) is 3.51. The average Bonchev–Trinajstić information content (AvgIpc) is 2.64. The third kappa shape index (κ3) is 2.14. The van der Waals surface area contributed by atoms with Gasteiger partial charge in [-0.1, -0.05) is 0 Å². The molecule has 0 aromatic carbocycles. The number of thiophene rings is 1. The summed E-state index contributed by atoms with van der Waals surface area (Å²) in [6, 6.07) is 2.14. The summed E-state index contributed by atoms with van der Waals surface area (Å²) in [5.74, 6) is 0. The summed E-state index contributed by atoms with van der Waals surface area (Å²) in [5, 5.41) is 5.73. The SMILES string of the molecule is CC1(Cc2sccc2Br)CCCN1. The zero-order chi connectivity index (χ0) is 9.31. The molecule has 1 unspecified atom stereocenters. The van der Waals surface area contributed by atoms with Crippen LogP contribution in [0.1, 0.15) is 24.6 Å². The van der Waals surface area contributed by atoms with Gasteiger partial charge in [-0.05, 0) is 53.7 Å². The standard InChI is InChI=1S/C10H14BrNS/c1-10(4-2-5-12-10)7-9-8(11)3-6-13-9/h3,6,12H,2,4-5,7H2,1H3. The van der Waals surface area contributed by atoms with Crippen LogP contribution in [0.4, 0.5) is 0 Å². The average molecular weight is 260 g/mol. The Morgan fingerprint density at radius 1 is 1.69 bits per heavy atom. The third-order valence-corrected chi connectivity index (χ3v) is 4.63. The number of hydrogen-bond donors (Lipinski definition) is 1. The molecule has 0 amide bonds. The van der Waals surface area contributed by atoms with Gasteiger partial charge in [0.25, 0.3) is 0 Å². The van der Waals surface area contributed by atoms with Crippen molar-refractivity contribution in [3.8, 4) is 0 Å². The molecule has 1 aliphatic rings. The highest BCUT2D eigenvalue weighted by atomic mass is 79.9. The van der Waals surface area contributed by atoms with Crippen molar-refractivity contribution in [2.75, 3.05) is 6.54 Å². The van der Waals surface area contributed by atoms with E-state index in [9.17, 15) is 0 Å². The molecule has 0 bridgehead atoms. The van der Waals surface area contributed by atoms with Crippen molar-refractivity contribution >= 4 is 27.3 Å². The fourth-order valence-electron chi connectivity index (χ4n) is 1.91. The van der Waals surface area contributed by atoms with Crippen LogP contribution in [0.15, 0.2) is 15.9 Å². The molecule has 0 saturated carbocycles. The molecule has 13 heavy (non-hydrogen) atoms. The molecule has 1 atom stereocenters. The van der Waals surface area contributed by atoms with Crippen molar-refractivity contribution in [3.05, 3.63) is 20.8 Å². The van der Waals surface area contributed by atoms with Crippen LogP contribution >= 0.6 is 27.3 Å². The monoisotopic (exact) mass is 259 g/mol. The van der Waals surface area contributed by atoms with Crippen molar-refractivity contribution < 1.29 is 0 Å². The maximum Gasteiger partial charge on any atom is 0.0315 e. The maximum atomic E-state index is 3.58. The van der Waals surface area contributed by atoms with Gasteiger partial charge in [0.2, 0.25) is 0 Å². The van der Waals surface area contributed by atoms with E-state index in [1.54, 1.807) is 0 Å². The Morgan fingerprint density at radius 2 is 2.54 bits per heavy atom. The maximum absolute atomic E-state index is 3.58. The molecule has 1 aromatic heterocycles. The highest BCUT2D eigenvalue weighted by Crippen LogP contribution is 2.30. The normalized spacial score (nSPS) is 28.2. The van der Waals surface area contributed by atoms with Gasteiger partial charge in [0.1, 0.15) is 0 Å². The largest absolute Gasteiger partial charge is 0.311 e. The van der Waals surface area contributed by atoms with E-state index in [-0.39, 0.29) is 0 Å². The summed E-state index contributed by atoms with van der Waals surface area (Å²) < 4.78 is 1.27. The summed E-state index contributed by atoms with van der Waals surface area (Å²) >= 11 is 5.43. The number of nitrogens with one attached hydrogen (secondary N) is 1. The predicted molar refractivity (Wildman–Crippen MR) is 61.4 cm³/mol. The number of rotatable bonds is 2. The zero-order valence-corrected chi connectivity index (χ0v) is 10.2. The molecule has 72 valence electrons. The second-order valence-corrected chi connectivity index (χ2v) is 5.81. The second kappa shape index (κ2) is 3.71. The second-order valence-electron chi connectivity index (χ2n) is 3.96. The number of hydrogen-bond acceptors (Lipinski definition) is 2. The Morgan fingerprint density at radius 3 is 3.08 bits per heavy atom. The molecule has 1 nitrogen and oxygen atoms in total. The van der Waals surface area contributed by atoms with Crippen LogP contribution in [0.25, 0.3) is 0 Å². The van der Waals surface area contributed by atoms with Gasteiger partial charge in [-0.3, -0.25) is 0 Å². The molecule has 1 fully saturated rings. The smallest absolute Gasteiger partial charge is 0.0315 e. The molecule has 0 aliphatic carbocycles. The minimum atomic E-state index is 0.341. The first-order valence-corrected chi connectivity index (χ1v) is 6.34. The van der Waals surface area contributed by atoms with Gasteiger partial charge in [0, 0.05) is 21.3 Å². The van der Waals surface area contributed by atoms with E-state index in [4.69, 9.17) is 0 Å². The van der Waals surface area contributed by atoms with Gasteiger partial charge in [0.05, 0.1) is 0 Å². The minimum absolute atomic E-state index is 0.341. The lowest BCUT2D eigenvalue weighted by molar-refractivity contribution is 0.415. The zero-order valence-electron chi connectivity index (χ0n) is 7.77. The first-order valence-electron chi connectivity index (χ1n) is 4.67. The first-order chi connectivity index (χ1) is 6.20. The van der Waals surface area contributed by atoms with Crippen LogP contribution in [0.2, 0.25) is 0 Å². The van der Waals surface area contributed by atoms with E-state index in [0.29, 0.717) is 5.54 Å². The lowest BCUT2D eigenvalue weighted by Gasteiger charge is -2.23. The Hall–Kier alpha value is 0.140. The van der Waals surface area contributed by atoms with Gasteiger partial charge in [-0.25, -0.2) is 0 Å². The highest BCUT2D eigenvalue weighted by Gasteiger charge is 2.28. The fraction of sp³-hybridized carbons (Fsp3) is 0.600. The van der Waals surface area contributed by atoms with E-state index in [0.717, 1.165) is 6.42 Å². The quantitative estimate of drug-likeness (QED) is 0.861. The summed E-state index contributed by atoms with van der Waals surface area (Å²) in [5.41, 5.74) is 0.341. The number of halogens is 1. The van der Waals surface area contributed by atoms with Crippen molar-refractivity contribution in [1.29, 1.82) is 0 Å². The van der Waals surface area contributed by atoms with E-state index >= 15 is 0 Å². The van der Waals surface area contributed by atoms with Crippen molar-refractivity contribution in [2.24, 2.45) is 0 Å². The molecular weight excluding hydrogens is 246 g/mol. The lowest BCUT2D eigenvalue weighted by Crippen LogP contribution is -2.38. The Bertz CT molecular complexity index is 289. The minimum Gasteiger partial charge on any atom is -0.311 e. The van der Waals surface area contributed by atoms with Gasteiger partial charge < -0.3 is 5.32 Å². The molecule has 2 rings (SSSR count). The van der Waals surface area contributed by atoms with Crippen LogP contribution in [0.3, 0.4) is 0 Å². The summed E-state index contributed by atoms with van der Waals surface area (Å²) in [4.78, 5) is 1.47. The third-order valence-electron chi connectivity index (χ3n) is 2.70. The molecule has 3 heteroatoms. The van der Waals surface area contributed by atoms with E-state index in [2.05, 4.69) is 39.6 Å². The lowest BCUT2D eigenvalue weighted by atomic mass is 9.95. The first kappa shape index (κ1) is 9.69. The van der Waals surface area contributed by atoms with Gasteiger partial charge in [0.15, 0.2) is 0 Å². The Kier molecular flexibility index (Phi) is 2.77. The van der Waals surface area contributed by atoms with E-state index < -0.39 is 0 Å². The summed E-state index contributed by atoms with van der Waals surface area (Å²) in [6.07, 6.45) is 3.78. The molecular formula is C10H14BrNS. The molecule has 2 heterocycles. The topological polar surface area (TPSA) is 12.0 Å². The van der Waals surface area contributed by atoms with E-state index in [1.807, 2.05) is 11.3 Å². The molecule has 1 N–H and O–H groups in total. The van der Waals surface area contributed by atoms with Crippen LogP contribution < -0.4 is 5.32 Å². The highest BCUT2D eigenvalue weighted by molar-refractivity contribution is 9.10. The van der Waals surface area contributed by atoms with Crippen molar-refractivity contribution in [1.82, 2.24) is 5.32 Å². The van der Waals surface area contributed by atoms with Crippen LogP contribution in [0.5, 0.6) is 0 Å². The predicted octanol–water partition coefficient (Wildman–Crippen LogP) is 3.20. The Balaban J connectivity index is 2.09. The molecule has 1 aromatic rings. The van der Waals surface area contributed by atoms with Crippen molar-refractivity contribution in [2.45, 2.75) is 31.7 Å².